The molecule has 0 aromatic carbocycles. The minimum absolute atomic E-state index is 0.0228. The molecule has 0 spiro atoms. The van der Waals surface area contributed by atoms with Crippen molar-refractivity contribution in [2.75, 3.05) is 18.1 Å². The lowest BCUT2D eigenvalue weighted by atomic mass is 10.2. The zero-order valence-corrected chi connectivity index (χ0v) is 11.5. The summed E-state index contributed by atoms with van der Waals surface area (Å²) in [5, 5.41) is 14.9. The van der Waals surface area contributed by atoms with Gasteiger partial charge in [-0.15, -0.1) is 5.10 Å². The Morgan fingerprint density at radius 1 is 1.56 bits per heavy atom. The van der Waals surface area contributed by atoms with Gasteiger partial charge in [-0.05, 0) is 36.7 Å². The van der Waals surface area contributed by atoms with Crippen LogP contribution in [0.3, 0.4) is 0 Å². The summed E-state index contributed by atoms with van der Waals surface area (Å²) in [7, 11) is -2.95. The molecule has 18 heavy (non-hydrogen) atoms. The lowest BCUT2D eigenvalue weighted by Crippen LogP contribution is -2.31. The van der Waals surface area contributed by atoms with E-state index >= 15 is 0 Å². The van der Waals surface area contributed by atoms with Gasteiger partial charge in [0.05, 0.1) is 23.6 Å². The summed E-state index contributed by atoms with van der Waals surface area (Å²) in [4.78, 5) is 0. The Morgan fingerprint density at radius 2 is 2.33 bits per heavy atom. The average molecular weight is 273 g/mol. The lowest BCUT2D eigenvalue weighted by Gasteiger charge is -2.24. The maximum absolute atomic E-state index is 11.7. The SMILES string of the molecule is CCNC(C)c1nnnn1C1CCCS(=O)(=O)C1. The van der Waals surface area contributed by atoms with E-state index in [0.717, 1.165) is 13.0 Å². The molecule has 7 nitrogen and oxygen atoms in total. The number of tetrazole rings is 1. The molecule has 2 atom stereocenters. The smallest absolute Gasteiger partial charge is 0.168 e. The highest BCUT2D eigenvalue weighted by Crippen LogP contribution is 2.24. The second kappa shape index (κ2) is 5.31. The van der Waals surface area contributed by atoms with Crippen molar-refractivity contribution in [1.29, 1.82) is 0 Å². The van der Waals surface area contributed by atoms with Crippen molar-refractivity contribution >= 4 is 9.84 Å². The fourth-order valence-electron chi connectivity index (χ4n) is 2.33. The zero-order valence-electron chi connectivity index (χ0n) is 10.7. The summed E-state index contributed by atoms with van der Waals surface area (Å²) in [5.41, 5.74) is 0. The van der Waals surface area contributed by atoms with Crippen LogP contribution in [0.25, 0.3) is 0 Å². The number of hydrogen-bond acceptors (Lipinski definition) is 6. The van der Waals surface area contributed by atoms with Crippen LogP contribution in [0.1, 0.15) is 44.6 Å². The number of sulfone groups is 1. The van der Waals surface area contributed by atoms with E-state index in [9.17, 15) is 8.42 Å². The summed E-state index contributed by atoms with van der Waals surface area (Å²) in [6, 6.07) is -0.107. The standard InChI is InChI=1S/C10H19N5O2S/c1-3-11-8(2)10-12-13-14-15(10)9-5-4-6-18(16,17)7-9/h8-9,11H,3-7H2,1-2H3. The van der Waals surface area contributed by atoms with Crippen LogP contribution in [0, 0.1) is 0 Å². The van der Waals surface area contributed by atoms with Crippen molar-refractivity contribution in [3.63, 3.8) is 0 Å². The van der Waals surface area contributed by atoms with Crippen LogP contribution in [-0.4, -0.2) is 46.7 Å². The summed E-state index contributed by atoms with van der Waals surface area (Å²) in [6.07, 6.45) is 1.50. The molecule has 2 unspecified atom stereocenters. The highest BCUT2D eigenvalue weighted by molar-refractivity contribution is 7.91. The Bertz CT molecular complexity index is 498. The van der Waals surface area contributed by atoms with Gasteiger partial charge >= 0.3 is 0 Å². The Kier molecular flexibility index (Phi) is 3.96. The maximum Gasteiger partial charge on any atom is 0.168 e. The van der Waals surface area contributed by atoms with E-state index in [-0.39, 0.29) is 23.6 Å². The second-order valence-electron chi connectivity index (χ2n) is 4.67. The molecule has 0 bridgehead atoms. The minimum atomic E-state index is -2.95. The molecule has 0 amide bonds. The molecule has 0 saturated carbocycles. The van der Waals surface area contributed by atoms with E-state index < -0.39 is 9.84 Å². The molecular weight excluding hydrogens is 254 g/mol. The monoisotopic (exact) mass is 273 g/mol. The van der Waals surface area contributed by atoms with E-state index in [4.69, 9.17) is 0 Å². The van der Waals surface area contributed by atoms with Crippen molar-refractivity contribution in [3.05, 3.63) is 5.82 Å². The Labute approximate surface area is 107 Å². The predicted molar refractivity (Wildman–Crippen MR) is 66.8 cm³/mol. The van der Waals surface area contributed by atoms with Gasteiger partial charge in [0.1, 0.15) is 0 Å². The average Bonchev–Trinajstić information content (AvgIpc) is 2.76. The van der Waals surface area contributed by atoms with Crippen LogP contribution in [0.2, 0.25) is 0 Å². The van der Waals surface area contributed by atoms with Crippen molar-refractivity contribution in [1.82, 2.24) is 25.5 Å². The molecule has 2 rings (SSSR count). The molecule has 1 saturated heterocycles. The van der Waals surface area contributed by atoms with Crippen molar-refractivity contribution < 1.29 is 8.42 Å². The molecule has 1 N–H and O–H groups in total. The quantitative estimate of drug-likeness (QED) is 0.836. The summed E-state index contributed by atoms with van der Waals surface area (Å²) < 4.78 is 25.0. The number of aromatic nitrogens is 4. The Hall–Kier alpha value is -1.02. The first kappa shape index (κ1) is 13.4. The number of hydrogen-bond donors (Lipinski definition) is 1. The molecule has 102 valence electrons. The molecule has 1 aromatic rings. The first-order valence-corrected chi connectivity index (χ1v) is 8.07. The first-order chi connectivity index (χ1) is 8.53. The van der Waals surface area contributed by atoms with Gasteiger partial charge in [-0.3, -0.25) is 0 Å². The third-order valence-corrected chi connectivity index (χ3v) is 5.00. The van der Waals surface area contributed by atoms with Crippen LogP contribution in [0.4, 0.5) is 0 Å². The Balaban J connectivity index is 2.21. The van der Waals surface area contributed by atoms with Crippen LogP contribution < -0.4 is 5.32 Å². The molecule has 1 aliphatic rings. The third kappa shape index (κ3) is 2.86. The first-order valence-electron chi connectivity index (χ1n) is 6.25. The fraction of sp³-hybridized carbons (Fsp3) is 0.900. The molecular formula is C10H19N5O2S. The van der Waals surface area contributed by atoms with E-state index in [0.29, 0.717) is 12.2 Å². The number of nitrogens with zero attached hydrogens (tertiary/aromatic N) is 4. The van der Waals surface area contributed by atoms with Gasteiger partial charge in [-0.1, -0.05) is 6.92 Å². The Morgan fingerprint density at radius 3 is 3.00 bits per heavy atom. The van der Waals surface area contributed by atoms with E-state index in [2.05, 4.69) is 20.8 Å². The number of nitrogens with one attached hydrogen (secondary N) is 1. The highest BCUT2D eigenvalue weighted by atomic mass is 32.2. The maximum atomic E-state index is 11.7. The lowest BCUT2D eigenvalue weighted by molar-refractivity contribution is 0.396. The van der Waals surface area contributed by atoms with Crippen molar-refractivity contribution in [2.24, 2.45) is 0 Å². The molecule has 0 aliphatic carbocycles. The van der Waals surface area contributed by atoms with Gasteiger partial charge in [-0.25, -0.2) is 13.1 Å². The second-order valence-corrected chi connectivity index (χ2v) is 6.90. The normalized spacial score (nSPS) is 24.9. The topological polar surface area (TPSA) is 89.8 Å². The number of rotatable bonds is 4. The van der Waals surface area contributed by atoms with Gasteiger partial charge in [0.25, 0.3) is 0 Å². The van der Waals surface area contributed by atoms with Gasteiger partial charge in [0.2, 0.25) is 0 Å². The summed E-state index contributed by atoms with van der Waals surface area (Å²) in [6.45, 7) is 4.80. The molecule has 0 radical (unpaired) electrons. The van der Waals surface area contributed by atoms with Crippen molar-refractivity contribution in [2.45, 2.75) is 38.8 Å². The molecule has 1 aliphatic heterocycles. The summed E-state index contributed by atoms with van der Waals surface area (Å²) in [5.74, 6) is 1.13. The zero-order chi connectivity index (χ0) is 13.2. The largest absolute Gasteiger partial charge is 0.308 e. The van der Waals surface area contributed by atoms with Crippen LogP contribution in [-0.2, 0) is 9.84 Å². The molecule has 1 fully saturated rings. The van der Waals surface area contributed by atoms with Gasteiger partial charge in [0, 0.05) is 0 Å². The third-order valence-electron chi connectivity index (χ3n) is 3.20. The van der Waals surface area contributed by atoms with Crippen LogP contribution in [0.15, 0.2) is 0 Å². The van der Waals surface area contributed by atoms with Crippen LogP contribution in [0.5, 0.6) is 0 Å². The molecule has 1 aromatic heterocycles. The summed E-state index contributed by atoms with van der Waals surface area (Å²) >= 11 is 0. The fourth-order valence-corrected chi connectivity index (χ4v) is 4.00. The van der Waals surface area contributed by atoms with Gasteiger partial charge in [-0.2, -0.15) is 0 Å². The van der Waals surface area contributed by atoms with E-state index in [1.807, 2.05) is 13.8 Å². The van der Waals surface area contributed by atoms with Gasteiger partial charge in [0.15, 0.2) is 15.7 Å². The minimum Gasteiger partial charge on any atom is -0.308 e. The molecule has 2 heterocycles. The van der Waals surface area contributed by atoms with Gasteiger partial charge < -0.3 is 5.32 Å². The highest BCUT2D eigenvalue weighted by Gasteiger charge is 2.29. The van der Waals surface area contributed by atoms with E-state index in [1.165, 1.54) is 0 Å². The van der Waals surface area contributed by atoms with Crippen LogP contribution >= 0.6 is 0 Å². The van der Waals surface area contributed by atoms with E-state index in [1.54, 1.807) is 4.68 Å². The molecule has 8 heteroatoms. The van der Waals surface area contributed by atoms with Crippen molar-refractivity contribution in [3.8, 4) is 0 Å². The predicted octanol–water partition coefficient (Wildman–Crippen LogP) is 0.0933.